The van der Waals surface area contributed by atoms with E-state index in [0.29, 0.717) is 5.56 Å². The summed E-state index contributed by atoms with van der Waals surface area (Å²) < 4.78 is 0. The molecule has 1 aliphatic rings. The first-order valence-corrected chi connectivity index (χ1v) is 9.80. The minimum Gasteiger partial charge on any atom is -0.384 e. The summed E-state index contributed by atoms with van der Waals surface area (Å²) in [6.45, 7) is 12.1. The molecule has 0 radical (unpaired) electrons. The maximum atomic E-state index is 12.3. The second kappa shape index (κ2) is 8.48. The molecule has 1 saturated heterocycles. The fourth-order valence-electron chi connectivity index (χ4n) is 3.97. The van der Waals surface area contributed by atoms with Crippen molar-refractivity contribution in [3.05, 3.63) is 50.3 Å². The van der Waals surface area contributed by atoms with E-state index in [-0.39, 0.29) is 16.9 Å². The zero-order chi connectivity index (χ0) is 21.1. The molecule has 150 valence electrons. The van der Waals surface area contributed by atoms with Crippen molar-refractivity contribution < 1.29 is 0 Å². The van der Waals surface area contributed by atoms with Crippen molar-refractivity contribution in [2.24, 2.45) is 0 Å². The molecule has 7 nitrogen and oxygen atoms in total. The minimum absolute atomic E-state index is 0.00959. The Morgan fingerprint density at radius 2 is 1.69 bits per heavy atom. The van der Waals surface area contributed by atoms with E-state index in [1.165, 1.54) is 0 Å². The molecule has 0 aliphatic carbocycles. The van der Waals surface area contributed by atoms with Crippen molar-refractivity contribution in [2.75, 3.05) is 38.5 Å². The first-order chi connectivity index (χ1) is 13.9. The Balaban J connectivity index is 2.09. The Kier molecular flexibility index (Phi) is 6.03. The predicted molar refractivity (Wildman–Crippen MR) is 113 cm³/mol. The molecule has 0 amide bonds. The number of piperazine rings is 1. The van der Waals surface area contributed by atoms with Crippen LogP contribution in [0.25, 0.3) is 11.1 Å². The molecule has 0 bridgehead atoms. The van der Waals surface area contributed by atoms with Gasteiger partial charge in [0.1, 0.15) is 29.1 Å². The molecule has 3 rings (SSSR count). The van der Waals surface area contributed by atoms with Gasteiger partial charge in [-0.15, -0.1) is 0 Å². The van der Waals surface area contributed by atoms with E-state index in [1.807, 2.05) is 26.0 Å². The van der Waals surface area contributed by atoms with E-state index in [2.05, 4.69) is 33.8 Å². The molecule has 0 atom stereocenters. The first-order valence-electron chi connectivity index (χ1n) is 9.80. The molecule has 1 aliphatic heterocycles. The third kappa shape index (κ3) is 4.02. The number of aromatic amines is 1. The average molecular weight is 390 g/mol. The number of aryl methyl sites for hydroxylation is 1. The van der Waals surface area contributed by atoms with Gasteiger partial charge in [-0.25, -0.2) is 0 Å². The fourth-order valence-corrected chi connectivity index (χ4v) is 3.97. The van der Waals surface area contributed by atoms with Gasteiger partial charge in [0.25, 0.3) is 5.56 Å². The molecule has 1 aromatic heterocycles. The third-order valence-electron chi connectivity index (χ3n) is 5.70. The highest BCUT2D eigenvalue weighted by Crippen LogP contribution is 2.33. The number of H-pyrrole nitrogens is 1. The van der Waals surface area contributed by atoms with Gasteiger partial charge in [-0.2, -0.15) is 10.5 Å². The molecule has 2 heterocycles. The first kappa shape index (κ1) is 20.6. The van der Waals surface area contributed by atoms with Crippen molar-refractivity contribution in [1.29, 1.82) is 10.5 Å². The number of nitrogen functional groups attached to an aromatic ring is 1. The summed E-state index contributed by atoms with van der Waals surface area (Å²) in [4.78, 5) is 19.6. The molecule has 7 heteroatoms. The highest BCUT2D eigenvalue weighted by Gasteiger charge is 2.22. The van der Waals surface area contributed by atoms with E-state index in [9.17, 15) is 15.3 Å². The molecule has 2 aromatic rings. The number of benzene rings is 1. The largest absolute Gasteiger partial charge is 0.384 e. The number of nitrogens with two attached hydrogens (primary N) is 1. The standard InChI is InChI=1S/C22H26N6O/c1-4-27-5-7-28(8-6-27)13-16-9-14(2)10-17(15(16)3)20-18(11-23)21(25)26-22(29)19(20)12-24/h9-10H,4-8,13H2,1-3H3,(H3,25,26,29). The number of rotatable bonds is 4. The van der Waals surface area contributed by atoms with Gasteiger partial charge >= 0.3 is 0 Å². The normalized spacial score (nSPS) is 15.1. The molecule has 0 spiro atoms. The van der Waals surface area contributed by atoms with Gasteiger partial charge in [-0.05, 0) is 37.1 Å². The smallest absolute Gasteiger partial charge is 0.268 e. The van der Waals surface area contributed by atoms with Crippen LogP contribution in [0.3, 0.4) is 0 Å². The number of pyridine rings is 1. The molecular weight excluding hydrogens is 364 g/mol. The molecule has 0 unspecified atom stereocenters. The Morgan fingerprint density at radius 3 is 2.28 bits per heavy atom. The summed E-state index contributed by atoms with van der Waals surface area (Å²) in [5, 5.41) is 19.2. The fraction of sp³-hybridized carbons (Fsp3) is 0.409. The number of anilines is 1. The summed E-state index contributed by atoms with van der Waals surface area (Å²) in [5.74, 6) is -0.00959. The SMILES string of the molecule is CCN1CCN(Cc2cc(C)cc(-c3c(C#N)c(N)[nH]c(=O)c3C#N)c2C)CC1. The summed E-state index contributed by atoms with van der Waals surface area (Å²) in [6, 6.07) is 8.08. The van der Waals surface area contributed by atoms with Crippen LogP contribution in [0.5, 0.6) is 0 Å². The van der Waals surface area contributed by atoms with E-state index in [4.69, 9.17) is 5.73 Å². The lowest BCUT2D eigenvalue weighted by Gasteiger charge is -2.34. The van der Waals surface area contributed by atoms with Crippen molar-refractivity contribution in [3.63, 3.8) is 0 Å². The lowest BCUT2D eigenvalue weighted by molar-refractivity contribution is 0.132. The summed E-state index contributed by atoms with van der Waals surface area (Å²) >= 11 is 0. The number of hydrogen-bond acceptors (Lipinski definition) is 6. The number of nitriles is 2. The molecule has 0 saturated carbocycles. The van der Waals surface area contributed by atoms with Crippen molar-refractivity contribution in [1.82, 2.24) is 14.8 Å². The number of hydrogen-bond donors (Lipinski definition) is 2. The van der Waals surface area contributed by atoms with Crippen LogP contribution < -0.4 is 11.3 Å². The monoisotopic (exact) mass is 390 g/mol. The highest BCUT2D eigenvalue weighted by atomic mass is 16.1. The van der Waals surface area contributed by atoms with Gasteiger partial charge < -0.3 is 15.6 Å². The summed E-state index contributed by atoms with van der Waals surface area (Å²) in [7, 11) is 0. The van der Waals surface area contributed by atoms with Crippen molar-refractivity contribution >= 4 is 5.82 Å². The maximum Gasteiger partial charge on any atom is 0.268 e. The van der Waals surface area contributed by atoms with Gasteiger partial charge in [0.05, 0.1) is 0 Å². The zero-order valence-corrected chi connectivity index (χ0v) is 17.2. The van der Waals surface area contributed by atoms with Gasteiger partial charge in [-0.3, -0.25) is 9.69 Å². The zero-order valence-electron chi connectivity index (χ0n) is 17.2. The quantitative estimate of drug-likeness (QED) is 0.827. The minimum atomic E-state index is -0.572. The molecular formula is C22H26N6O. The van der Waals surface area contributed by atoms with Crippen LogP contribution in [-0.2, 0) is 6.54 Å². The number of aromatic nitrogens is 1. The van der Waals surface area contributed by atoms with Crippen LogP contribution in [0.15, 0.2) is 16.9 Å². The van der Waals surface area contributed by atoms with Crippen LogP contribution in [0.2, 0.25) is 0 Å². The Bertz CT molecular complexity index is 1060. The molecule has 29 heavy (non-hydrogen) atoms. The van der Waals surface area contributed by atoms with Gasteiger partial charge in [0, 0.05) is 38.3 Å². The lowest BCUT2D eigenvalue weighted by atomic mass is 9.89. The molecule has 3 N–H and O–H groups in total. The summed E-state index contributed by atoms with van der Waals surface area (Å²) in [6.07, 6.45) is 0. The van der Waals surface area contributed by atoms with E-state index < -0.39 is 5.56 Å². The van der Waals surface area contributed by atoms with Gasteiger partial charge in [-0.1, -0.05) is 24.6 Å². The summed E-state index contributed by atoms with van der Waals surface area (Å²) in [5.41, 5.74) is 9.54. The predicted octanol–water partition coefficient (Wildman–Crippen LogP) is 2.12. The van der Waals surface area contributed by atoms with Crippen molar-refractivity contribution in [2.45, 2.75) is 27.3 Å². The topological polar surface area (TPSA) is 113 Å². The Hall–Kier alpha value is -3.13. The third-order valence-corrected chi connectivity index (χ3v) is 5.70. The van der Waals surface area contributed by atoms with E-state index in [1.54, 1.807) is 0 Å². The second-order valence-corrected chi connectivity index (χ2v) is 7.52. The average Bonchev–Trinajstić information content (AvgIpc) is 2.70. The van der Waals surface area contributed by atoms with Crippen molar-refractivity contribution in [3.8, 4) is 23.3 Å². The van der Waals surface area contributed by atoms with E-state index in [0.717, 1.165) is 61.5 Å². The highest BCUT2D eigenvalue weighted by molar-refractivity contribution is 5.82. The van der Waals surface area contributed by atoms with E-state index >= 15 is 0 Å². The van der Waals surface area contributed by atoms with Crippen LogP contribution in [0, 0.1) is 36.5 Å². The van der Waals surface area contributed by atoms with Crippen LogP contribution in [0.4, 0.5) is 5.82 Å². The maximum absolute atomic E-state index is 12.3. The Morgan fingerprint density at radius 1 is 1.07 bits per heavy atom. The second-order valence-electron chi connectivity index (χ2n) is 7.52. The number of nitrogens with zero attached hydrogens (tertiary/aromatic N) is 4. The number of likely N-dealkylation sites (N-methyl/N-ethyl adjacent to an activating group) is 1. The van der Waals surface area contributed by atoms with Crippen LogP contribution in [0.1, 0.15) is 34.7 Å². The number of nitrogens with one attached hydrogen (secondary N) is 1. The van der Waals surface area contributed by atoms with Crippen LogP contribution >= 0.6 is 0 Å². The van der Waals surface area contributed by atoms with Gasteiger partial charge in [0.2, 0.25) is 0 Å². The molecule has 1 aromatic carbocycles. The Labute approximate surface area is 171 Å². The van der Waals surface area contributed by atoms with Gasteiger partial charge in [0.15, 0.2) is 0 Å². The van der Waals surface area contributed by atoms with Crippen LogP contribution in [-0.4, -0.2) is 47.5 Å². The lowest BCUT2D eigenvalue weighted by Crippen LogP contribution is -2.45. The molecule has 1 fully saturated rings.